The third kappa shape index (κ3) is 11.2. The highest BCUT2D eigenvalue weighted by atomic mass is 16.5. The molecule has 2 aliphatic rings. The Labute approximate surface area is 290 Å². The molecular weight excluding hydrogens is 600 g/mol. The Bertz CT molecular complexity index is 1360. The summed E-state index contributed by atoms with van der Waals surface area (Å²) in [5, 5.41) is 20.3. The molecule has 0 saturated heterocycles. The van der Waals surface area contributed by atoms with Crippen molar-refractivity contribution in [2.45, 2.75) is 119 Å². The maximum Gasteiger partial charge on any atom is 0.186 e. The summed E-state index contributed by atoms with van der Waals surface area (Å²) in [5.41, 5.74) is 7.24. The van der Waals surface area contributed by atoms with Gasteiger partial charge in [0.25, 0.3) is 0 Å². The van der Waals surface area contributed by atoms with Crippen LogP contribution in [0.5, 0.6) is 0 Å². The van der Waals surface area contributed by atoms with Crippen molar-refractivity contribution in [1.29, 1.82) is 0 Å². The Hall–Kier alpha value is -3.16. The summed E-state index contributed by atoms with van der Waals surface area (Å²) < 4.78 is 11.6. The average molecular weight is 661 g/mol. The smallest absolute Gasteiger partial charge is 0.186 e. The van der Waals surface area contributed by atoms with E-state index in [0.29, 0.717) is 36.8 Å². The molecule has 0 radical (unpaired) electrons. The van der Waals surface area contributed by atoms with Gasteiger partial charge >= 0.3 is 0 Å². The van der Waals surface area contributed by atoms with Crippen LogP contribution in [-0.4, -0.2) is 60.4 Å². The van der Waals surface area contributed by atoms with Gasteiger partial charge in [0, 0.05) is 14.2 Å². The first-order valence-electron chi connectivity index (χ1n) is 17.0. The minimum Gasteiger partial charge on any atom is -0.385 e. The van der Waals surface area contributed by atoms with E-state index in [2.05, 4.69) is 52.0 Å². The number of aliphatic hydroxyl groups excluding tert-OH is 2. The van der Waals surface area contributed by atoms with Crippen molar-refractivity contribution in [3.8, 4) is 0 Å². The second-order valence-corrected chi connectivity index (χ2v) is 14.7. The van der Waals surface area contributed by atoms with E-state index in [4.69, 9.17) is 9.47 Å². The maximum atomic E-state index is 12.4. The zero-order valence-electron chi connectivity index (χ0n) is 31.4. The Morgan fingerprint density at radius 2 is 1.00 bits per heavy atom. The van der Waals surface area contributed by atoms with Crippen LogP contribution in [0.15, 0.2) is 105 Å². The minimum absolute atomic E-state index is 0.155. The first-order valence-corrected chi connectivity index (χ1v) is 17.0. The molecule has 0 aromatic heterocycles. The van der Waals surface area contributed by atoms with Crippen molar-refractivity contribution in [3.05, 3.63) is 105 Å². The molecule has 0 aliphatic heterocycles. The molecule has 0 saturated carbocycles. The SMILES string of the molecule is COC(CC1=C(C)C(=O)C(O)CC1(C)C)/C(C)=C/C=C/C(C)=C/C=C/C=C(C)/C=C/C=C(\C)C(CC1=C(C)C(=O)C(O)CC1(C)C)OC. The van der Waals surface area contributed by atoms with Gasteiger partial charge in [0.1, 0.15) is 12.2 Å². The topological polar surface area (TPSA) is 93.1 Å². The fraction of sp³-hybridized carbons (Fsp3) is 0.524. The third-order valence-corrected chi connectivity index (χ3v) is 9.92. The van der Waals surface area contributed by atoms with Crippen LogP contribution >= 0.6 is 0 Å². The van der Waals surface area contributed by atoms with Crippen LogP contribution in [0.1, 0.15) is 94.9 Å². The fourth-order valence-corrected chi connectivity index (χ4v) is 6.74. The number of carbonyl (C=O) groups excluding carboxylic acids is 2. The first kappa shape index (κ1) is 41.0. The van der Waals surface area contributed by atoms with E-state index in [1.54, 1.807) is 14.2 Å². The number of rotatable bonds is 14. The summed E-state index contributed by atoms with van der Waals surface area (Å²) in [6, 6.07) is 0. The summed E-state index contributed by atoms with van der Waals surface area (Å²) in [4.78, 5) is 24.9. The van der Waals surface area contributed by atoms with Crippen molar-refractivity contribution in [2.75, 3.05) is 14.2 Å². The van der Waals surface area contributed by atoms with E-state index in [1.807, 2.05) is 78.0 Å². The van der Waals surface area contributed by atoms with E-state index in [9.17, 15) is 19.8 Å². The van der Waals surface area contributed by atoms with Gasteiger partial charge in [-0.25, -0.2) is 0 Å². The van der Waals surface area contributed by atoms with Gasteiger partial charge in [-0.3, -0.25) is 9.59 Å². The van der Waals surface area contributed by atoms with Crippen molar-refractivity contribution < 1.29 is 29.3 Å². The lowest BCUT2D eigenvalue weighted by Crippen LogP contribution is -2.37. The number of carbonyl (C=O) groups is 2. The van der Waals surface area contributed by atoms with Crippen LogP contribution in [-0.2, 0) is 19.1 Å². The van der Waals surface area contributed by atoms with Crippen LogP contribution in [0.4, 0.5) is 0 Å². The van der Waals surface area contributed by atoms with Gasteiger partial charge in [0.15, 0.2) is 11.6 Å². The Balaban J connectivity index is 2.01. The van der Waals surface area contributed by atoms with Crippen molar-refractivity contribution >= 4 is 11.6 Å². The zero-order chi connectivity index (χ0) is 36.4. The molecule has 2 aliphatic carbocycles. The van der Waals surface area contributed by atoms with E-state index < -0.39 is 12.2 Å². The molecule has 264 valence electrons. The molecule has 0 bridgehead atoms. The normalized spacial score (nSPS) is 24.5. The Kier molecular flexibility index (Phi) is 15.4. The van der Waals surface area contributed by atoms with E-state index >= 15 is 0 Å². The molecule has 0 aromatic rings. The third-order valence-electron chi connectivity index (χ3n) is 9.92. The number of ketones is 2. The molecule has 4 unspecified atom stereocenters. The van der Waals surface area contributed by atoms with E-state index in [-0.39, 0.29) is 34.6 Å². The fourth-order valence-electron chi connectivity index (χ4n) is 6.74. The van der Waals surface area contributed by atoms with Gasteiger partial charge in [-0.1, -0.05) is 111 Å². The van der Waals surface area contributed by atoms with Gasteiger partial charge in [-0.2, -0.15) is 0 Å². The highest BCUT2D eigenvalue weighted by Gasteiger charge is 2.39. The first-order chi connectivity index (χ1) is 22.4. The highest BCUT2D eigenvalue weighted by Crippen LogP contribution is 2.43. The van der Waals surface area contributed by atoms with Gasteiger partial charge in [-0.15, -0.1) is 0 Å². The lowest BCUT2D eigenvalue weighted by atomic mass is 9.69. The van der Waals surface area contributed by atoms with Gasteiger partial charge in [0.2, 0.25) is 0 Å². The number of allylic oxidation sites excluding steroid dienone is 12. The molecule has 6 nitrogen and oxygen atoms in total. The zero-order valence-corrected chi connectivity index (χ0v) is 31.4. The number of aliphatic hydroxyl groups is 2. The standard InChI is InChI=1S/C42H60O6/c1-27(19-15-21-29(3)37(47-11)23-33-31(5)39(45)35(43)25-41(33,7)8)17-13-14-18-28(2)20-16-22-30(4)38(48-12)24-34-32(6)40(46)36(44)26-42(34,9)10/h13-22,35-38,43-44H,23-26H2,1-12H3/b14-13+,19-15+,20-16+,27-17+,28-18+,29-21+,30-22+. The number of Topliss-reactive ketones (excluding diaryl/α,β-unsaturated/α-hetero) is 2. The summed E-state index contributed by atoms with van der Waals surface area (Å²) >= 11 is 0. The maximum absolute atomic E-state index is 12.4. The molecule has 0 spiro atoms. The Morgan fingerprint density at radius 1 is 0.667 bits per heavy atom. The molecule has 4 atom stereocenters. The minimum atomic E-state index is -0.926. The highest BCUT2D eigenvalue weighted by molar-refractivity contribution is 6.00. The van der Waals surface area contributed by atoms with Crippen LogP contribution in [0.2, 0.25) is 0 Å². The second-order valence-electron chi connectivity index (χ2n) is 14.7. The molecular formula is C42H60O6. The number of hydrogen-bond acceptors (Lipinski definition) is 6. The molecule has 2 N–H and O–H groups in total. The molecule has 0 heterocycles. The lowest BCUT2D eigenvalue weighted by Gasteiger charge is -2.37. The summed E-state index contributed by atoms with van der Waals surface area (Å²) in [6.07, 6.45) is 20.3. The summed E-state index contributed by atoms with van der Waals surface area (Å²) in [7, 11) is 3.38. The van der Waals surface area contributed by atoms with Crippen LogP contribution in [0, 0.1) is 10.8 Å². The number of hydrogen-bond donors (Lipinski definition) is 2. The number of ether oxygens (including phenoxy) is 2. The van der Waals surface area contributed by atoms with Crippen molar-refractivity contribution in [1.82, 2.24) is 0 Å². The van der Waals surface area contributed by atoms with Crippen LogP contribution < -0.4 is 0 Å². The molecule has 48 heavy (non-hydrogen) atoms. The van der Waals surface area contributed by atoms with Crippen LogP contribution in [0.3, 0.4) is 0 Å². The average Bonchev–Trinajstić information content (AvgIpc) is 3.00. The van der Waals surface area contributed by atoms with Crippen molar-refractivity contribution in [3.63, 3.8) is 0 Å². The molecule has 6 heteroatoms. The predicted molar refractivity (Wildman–Crippen MR) is 197 cm³/mol. The number of methoxy groups -OCH3 is 2. The summed E-state index contributed by atoms with van der Waals surface area (Å²) in [5.74, 6) is -0.353. The van der Waals surface area contributed by atoms with E-state index in [0.717, 1.165) is 33.4 Å². The lowest BCUT2D eigenvalue weighted by molar-refractivity contribution is -0.126. The quantitative estimate of drug-likeness (QED) is 0.181. The monoisotopic (exact) mass is 660 g/mol. The molecule has 0 fully saturated rings. The largest absolute Gasteiger partial charge is 0.385 e. The van der Waals surface area contributed by atoms with E-state index in [1.165, 1.54) is 0 Å². The van der Waals surface area contributed by atoms with Gasteiger partial charge in [-0.05, 0) is 100 Å². The van der Waals surface area contributed by atoms with Gasteiger partial charge in [0.05, 0.1) is 12.2 Å². The van der Waals surface area contributed by atoms with Crippen LogP contribution in [0.25, 0.3) is 0 Å². The molecule has 2 rings (SSSR count). The Morgan fingerprint density at radius 3 is 1.31 bits per heavy atom. The predicted octanol–water partition coefficient (Wildman–Crippen LogP) is 8.60. The second kappa shape index (κ2) is 18.0. The van der Waals surface area contributed by atoms with Crippen molar-refractivity contribution in [2.24, 2.45) is 10.8 Å². The van der Waals surface area contributed by atoms with Gasteiger partial charge < -0.3 is 19.7 Å². The molecule has 0 amide bonds. The molecule has 0 aromatic carbocycles. The summed E-state index contributed by atoms with van der Waals surface area (Å²) in [6.45, 7) is 20.1.